The number of ketones is 1. The third-order valence-electron chi connectivity index (χ3n) is 4.39. The van der Waals surface area contributed by atoms with Crippen molar-refractivity contribution in [3.05, 3.63) is 0 Å². The second kappa shape index (κ2) is 2.14. The average Bonchev–Trinajstić information content (AvgIpc) is 2.32. The molecule has 3 nitrogen and oxygen atoms in total. The molecule has 0 saturated heterocycles. The molecule has 2 fully saturated rings. The SMILES string of the molecule is CC1(C)[C@@H]2CC[C@@]1(C)/C(=N/[O])C2=O. The van der Waals surface area contributed by atoms with Gasteiger partial charge in [-0.15, -0.1) is 5.21 Å². The smallest absolute Gasteiger partial charge is 0.184 e. The van der Waals surface area contributed by atoms with Gasteiger partial charge in [0.05, 0.1) is 0 Å². The van der Waals surface area contributed by atoms with Gasteiger partial charge in [0.15, 0.2) is 5.78 Å². The minimum atomic E-state index is -0.267. The van der Waals surface area contributed by atoms with E-state index in [0.717, 1.165) is 12.8 Å². The number of nitrogens with zero attached hydrogens (tertiary/aromatic N) is 1. The van der Waals surface area contributed by atoms with Gasteiger partial charge in [-0.1, -0.05) is 20.8 Å². The molecule has 0 spiro atoms. The van der Waals surface area contributed by atoms with E-state index in [9.17, 15) is 10.0 Å². The van der Waals surface area contributed by atoms with Crippen molar-refractivity contribution in [2.75, 3.05) is 0 Å². The van der Waals surface area contributed by atoms with Crippen molar-refractivity contribution < 1.29 is 10.0 Å². The van der Waals surface area contributed by atoms with E-state index in [1.165, 1.54) is 0 Å². The molecule has 13 heavy (non-hydrogen) atoms. The van der Waals surface area contributed by atoms with Gasteiger partial charge >= 0.3 is 0 Å². The van der Waals surface area contributed by atoms with Gasteiger partial charge in [-0.05, 0) is 23.4 Å². The summed E-state index contributed by atoms with van der Waals surface area (Å²) >= 11 is 0. The van der Waals surface area contributed by atoms with Gasteiger partial charge in [0.25, 0.3) is 0 Å². The van der Waals surface area contributed by atoms with E-state index in [-0.39, 0.29) is 28.2 Å². The second-order valence-electron chi connectivity index (χ2n) is 4.95. The number of carbonyl (C=O) groups is 1. The van der Waals surface area contributed by atoms with Crippen molar-refractivity contribution >= 4 is 11.5 Å². The minimum Gasteiger partial charge on any atom is -0.292 e. The van der Waals surface area contributed by atoms with E-state index >= 15 is 0 Å². The fourth-order valence-corrected chi connectivity index (χ4v) is 2.97. The van der Waals surface area contributed by atoms with Crippen molar-refractivity contribution in [1.82, 2.24) is 0 Å². The molecule has 0 heterocycles. The number of Topliss-reactive ketones (excluding diaryl/α,β-unsaturated/α-hetero) is 1. The Hall–Kier alpha value is -0.860. The molecule has 3 heteroatoms. The molecule has 2 rings (SSSR count). The van der Waals surface area contributed by atoms with Gasteiger partial charge in [-0.2, -0.15) is 0 Å². The average molecular weight is 180 g/mol. The van der Waals surface area contributed by atoms with E-state index < -0.39 is 0 Å². The molecule has 0 N–H and O–H groups in total. The first-order valence-electron chi connectivity index (χ1n) is 4.70. The van der Waals surface area contributed by atoms with Crippen LogP contribution in [0, 0.1) is 16.7 Å². The topological polar surface area (TPSA) is 49.3 Å². The Morgan fingerprint density at radius 2 is 2.00 bits per heavy atom. The standard InChI is InChI=1S/C10H14NO2/c1-9(2)6-4-5-10(9,3)8(11-13)7(6)12/h6H,4-5H2,1-3H3/b11-8+/t6-,10+/m1/s1. The van der Waals surface area contributed by atoms with Crippen LogP contribution in [0.4, 0.5) is 0 Å². The highest BCUT2D eigenvalue weighted by molar-refractivity contribution is 6.45. The van der Waals surface area contributed by atoms with Crippen LogP contribution in [0.25, 0.3) is 0 Å². The Labute approximate surface area is 77.8 Å². The van der Waals surface area contributed by atoms with Crippen LogP contribution in [0.5, 0.6) is 0 Å². The van der Waals surface area contributed by atoms with E-state index in [0.29, 0.717) is 0 Å². The summed E-state index contributed by atoms with van der Waals surface area (Å²) < 4.78 is 0. The third kappa shape index (κ3) is 0.713. The monoisotopic (exact) mass is 180 g/mol. The van der Waals surface area contributed by atoms with Crippen molar-refractivity contribution in [3.8, 4) is 0 Å². The van der Waals surface area contributed by atoms with Gasteiger partial charge in [0.2, 0.25) is 0 Å². The highest BCUT2D eigenvalue weighted by Gasteiger charge is 2.65. The van der Waals surface area contributed by atoms with Gasteiger partial charge in [0, 0.05) is 11.3 Å². The lowest BCUT2D eigenvalue weighted by Crippen LogP contribution is -2.33. The summed E-state index contributed by atoms with van der Waals surface area (Å²) in [7, 11) is 0. The molecule has 1 radical (unpaired) electrons. The Kier molecular flexibility index (Phi) is 1.44. The predicted octanol–water partition coefficient (Wildman–Crippen LogP) is 1.80. The number of carbonyl (C=O) groups excluding carboxylic acids is 1. The summed E-state index contributed by atoms with van der Waals surface area (Å²) in [5.41, 5.74) is -0.0575. The Morgan fingerprint density at radius 1 is 1.38 bits per heavy atom. The molecule has 2 aliphatic carbocycles. The quantitative estimate of drug-likeness (QED) is 0.524. The molecule has 71 valence electrons. The molecule has 2 bridgehead atoms. The number of hydrogen-bond acceptors (Lipinski definition) is 2. The summed E-state index contributed by atoms with van der Waals surface area (Å²) in [6, 6.07) is 0. The van der Waals surface area contributed by atoms with Crippen LogP contribution in [0.15, 0.2) is 5.16 Å². The maximum atomic E-state index is 11.7. The van der Waals surface area contributed by atoms with E-state index in [2.05, 4.69) is 19.0 Å². The molecule has 0 amide bonds. The molecule has 2 atom stereocenters. The highest BCUT2D eigenvalue weighted by atomic mass is 16.4. The molecule has 0 aromatic rings. The first kappa shape index (κ1) is 8.73. The molecule has 0 aliphatic heterocycles. The number of fused-ring (bicyclic) bond motifs is 2. The van der Waals surface area contributed by atoms with Crippen molar-refractivity contribution in [2.45, 2.75) is 33.6 Å². The largest absolute Gasteiger partial charge is 0.292 e. The number of rotatable bonds is 0. The summed E-state index contributed by atoms with van der Waals surface area (Å²) in [5.74, 6) is 0.0268. The number of hydrogen-bond donors (Lipinski definition) is 0. The first-order valence-corrected chi connectivity index (χ1v) is 4.70. The Bertz CT molecular complexity index is 306. The van der Waals surface area contributed by atoms with Crippen molar-refractivity contribution in [3.63, 3.8) is 0 Å². The Morgan fingerprint density at radius 3 is 2.31 bits per heavy atom. The maximum Gasteiger partial charge on any atom is 0.184 e. The second-order valence-corrected chi connectivity index (χ2v) is 4.95. The van der Waals surface area contributed by atoms with Crippen LogP contribution in [-0.2, 0) is 10.0 Å². The van der Waals surface area contributed by atoms with Gasteiger partial charge in [0.1, 0.15) is 5.71 Å². The van der Waals surface area contributed by atoms with Crippen LogP contribution in [0.3, 0.4) is 0 Å². The lowest BCUT2D eigenvalue weighted by molar-refractivity contribution is -0.117. The van der Waals surface area contributed by atoms with Crippen LogP contribution < -0.4 is 0 Å². The van der Waals surface area contributed by atoms with Crippen LogP contribution >= 0.6 is 0 Å². The van der Waals surface area contributed by atoms with Crippen LogP contribution in [-0.4, -0.2) is 11.5 Å². The van der Waals surface area contributed by atoms with Crippen LogP contribution in [0.1, 0.15) is 33.6 Å². The maximum absolute atomic E-state index is 11.7. The highest BCUT2D eigenvalue weighted by Crippen LogP contribution is 2.62. The van der Waals surface area contributed by atoms with Gasteiger partial charge < -0.3 is 0 Å². The Balaban J connectivity index is 2.59. The third-order valence-corrected chi connectivity index (χ3v) is 4.39. The minimum absolute atomic E-state index is 0.00579. The summed E-state index contributed by atoms with van der Waals surface area (Å²) in [6.45, 7) is 6.14. The van der Waals surface area contributed by atoms with E-state index in [4.69, 9.17) is 0 Å². The molecule has 2 aliphatic rings. The summed E-state index contributed by atoms with van der Waals surface area (Å²) in [4.78, 5) is 11.7. The molecule has 2 saturated carbocycles. The lowest BCUT2D eigenvalue weighted by Gasteiger charge is -2.32. The molecule has 0 unspecified atom stereocenters. The zero-order chi connectivity index (χ0) is 9.85. The molecule has 0 aromatic heterocycles. The predicted molar refractivity (Wildman–Crippen MR) is 47.7 cm³/mol. The van der Waals surface area contributed by atoms with E-state index in [1.54, 1.807) is 0 Å². The fourth-order valence-electron chi connectivity index (χ4n) is 2.97. The summed E-state index contributed by atoms with van der Waals surface area (Å²) in [5, 5.41) is 13.5. The van der Waals surface area contributed by atoms with Crippen molar-refractivity contribution in [2.24, 2.45) is 21.9 Å². The van der Waals surface area contributed by atoms with Crippen molar-refractivity contribution in [1.29, 1.82) is 0 Å². The molecule has 0 aromatic carbocycles. The molecular weight excluding hydrogens is 166 g/mol. The van der Waals surface area contributed by atoms with E-state index in [1.807, 2.05) is 6.92 Å². The van der Waals surface area contributed by atoms with Gasteiger partial charge in [-0.25, -0.2) is 0 Å². The lowest BCUT2D eigenvalue weighted by atomic mass is 9.70. The molecular formula is C10H14NO2. The summed E-state index contributed by atoms with van der Waals surface area (Å²) in [6.07, 6.45) is 1.85. The van der Waals surface area contributed by atoms with Gasteiger partial charge in [-0.3, -0.25) is 4.79 Å². The zero-order valence-electron chi connectivity index (χ0n) is 8.26. The zero-order valence-corrected chi connectivity index (χ0v) is 8.26. The fraction of sp³-hybridized carbons (Fsp3) is 0.800. The van der Waals surface area contributed by atoms with Crippen LogP contribution in [0.2, 0.25) is 0 Å². The first-order chi connectivity index (χ1) is 5.95. The normalized spacial score (nSPS) is 44.7.